The van der Waals surface area contributed by atoms with Gasteiger partial charge in [0, 0.05) is 24.5 Å². The summed E-state index contributed by atoms with van der Waals surface area (Å²) in [6.45, 7) is 0.143. The van der Waals surface area contributed by atoms with Crippen LogP contribution in [0.2, 0.25) is 0 Å². The van der Waals surface area contributed by atoms with E-state index in [1.807, 2.05) is 0 Å². The summed E-state index contributed by atoms with van der Waals surface area (Å²) in [5.74, 6) is -1.66. The molecule has 7 heteroatoms. The van der Waals surface area contributed by atoms with Crippen molar-refractivity contribution in [3.8, 4) is 5.75 Å². The van der Waals surface area contributed by atoms with Crippen LogP contribution in [0.4, 0.5) is 0 Å². The molecule has 2 rings (SSSR count). The number of pyridine rings is 1. The van der Waals surface area contributed by atoms with Crippen LogP contribution in [0.15, 0.2) is 36.7 Å². The zero-order valence-corrected chi connectivity index (χ0v) is 9.78. The van der Waals surface area contributed by atoms with Crippen molar-refractivity contribution in [1.29, 1.82) is 0 Å². The Balaban J connectivity index is 2.04. The Morgan fingerprint density at radius 1 is 1.42 bits per heavy atom. The molecule has 98 valence electrons. The van der Waals surface area contributed by atoms with E-state index in [0.29, 0.717) is 11.3 Å². The van der Waals surface area contributed by atoms with Gasteiger partial charge in [0.05, 0.1) is 12.2 Å². The molecular weight excluding hydrogens is 250 g/mol. The standard InChI is InChI=1S/C12H11N3O4/c16-9-2-1-5-15-7-8(14-12(9)15)6-13-10(17)3-4-11(18)19/h1-5,7,16H,6H2,(H,13,17)(H,18,19)/b4-3+. The SMILES string of the molecule is O=C(O)/C=C/C(=O)NCc1cn2cccc(O)c2n1. The minimum absolute atomic E-state index is 0.0471. The number of fused-ring (bicyclic) bond motifs is 1. The monoisotopic (exact) mass is 261 g/mol. The van der Waals surface area contributed by atoms with E-state index in [1.54, 1.807) is 22.9 Å². The largest absolute Gasteiger partial charge is 0.504 e. The second kappa shape index (κ2) is 5.21. The van der Waals surface area contributed by atoms with Crippen molar-refractivity contribution in [2.45, 2.75) is 6.54 Å². The Labute approximate surface area is 107 Å². The van der Waals surface area contributed by atoms with E-state index >= 15 is 0 Å². The third-order valence-electron chi connectivity index (χ3n) is 2.33. The van der Waals surface area contributed by atoms with Crippen molar-refractivity contribution in [3.63, 3.8) is 0 Å². The molecule has 1 amide bonds. The number of aromatic hydroxyl groups is 1. The molecule has 0 saturated carbocycles. The van der Waals surface area contributed by atoms with Crippen LogP contribution >= 0.6 is 0 Å². The maximum absolute atomic E-state index is 11.3. The van der Waals surface area contributed by atoms with Gasteiger partial charge in [-0.2, -0.15) is 0 Å². The molecule has 0 bridgehead atoms. The predicted molar refractivity (Wildman–Crippen MR) is 65.5 cm³/mol. The maximum atomic E-state index is 11.3. The number of aliphatic carboxylic acids is 1. The van der Waals surface area contributed by atoms with Crippen LogP contribution in [-0.4, -0.2) is 31.5 Å². The van der Waals surface area contributed by atoms with Gasteiger partial charge in [0.15, 0.2) is 11.4 Å². The van der Waals surface area contributed by atoms with Crippen LogP contribution in [0.5, 0.6) is 5.75 Å². The molecule has 2 aromatic rings. The van der Waals surface area contributed by atoms with E-state index in [-0.39, 0.29) is 12.3 Å². The number of imidazole rings is 1. The molecule has 0 atom stereocenters. The molecule has 0 aromatic carbocycles. The lowest BCUT2D eigenvalue weighted by atomic mass is 10.4. The second-order valence-electron chi connectivity index (χ2n) is 3.75. The van der Waals surface area contributed by atoms with E-state index < -0.39 is 11.9 Å². The van der Waals surface area contributed by atoms with Crippen LogP contribution in [-0.2, 0) is 16.1 Å². The first-order valence-electron chi connectivity index (χ1n) is 5.40. The number of carboxylic acid groups (broad SMARTS) is 1. The van der Waals surface area contributed by atoms with Crippen molar-refractivity contribution in [1.82, 2.24) is 14.7 Å². The number of carboxylic acids is 1. The van der Waals surface area contributed by atoms with Gasteiger partial charge in [0.1, 0.15) is 0 Å². The molecule has 0 spiro atoms. The Kier molecular flexibility index (Phi) is 3.46. The quantitative estimate of drug-likeness (QED) is 0.686. The van der Waals surface area contributed by atoms with Crippen molar-refractivity contribution in [2.75, 3.05) is 0 Å². The van der Waals surface area contributed by atoms with Crippen molar-refractivity contribution >= 4 is 17.5 Å². The summed E-state index contributed by atoms with van der Waals surface area (Å²) in [4.78, 5) is 25.6. The highest BCUT2D eigenvalue weighted by Gasteiger charge is 2.05. The molecule has 0 unspecified atom stereocenters. The molecule has 0 aliphatic carbocycles. The molecule has 3 N–H and O–H groups in total. The van der Waals surface area contributed by atoms with Crippen molar-refractivity contribution < 1.29 is 19.8 Å². The smallest absolute Gasteiger partial charge is 0.328 e. The second-order valence-corrected chi connectivity index (χ2v) is 3.75. The van der Waals surface area contributed by atoms with E-state index in [1.165, 1.54) is 6.07 Å². The zero-order chi connectivity index (χ0) is 13.8. The number of aromatic nitrogens is 2. The fourth-order valence-corrected chi connectivity index (χ4v) is 1.52. The Hall–Kier alpha value is -2.83. The number of hydrogen-bond acceptors (Lipinski definition) is 4. The highest BCUT2D eigenvalue weighted by Crippen LogP contribution is 2.16. The van der Waals surface area contributed by atoms with Crippen LogP contribution < -0.4 is 5.32 Å². The van der Waals surface area contributed by atoms with Gasteiger partial charge in [0.2, 0.25) is 5.91 Å². The molecule has 0 aliphatic heterocycles. The molecule has 7 nitrogen and oxygen atoms in total. The lowest BCUT2D eigenvalue weighted by Crippen LogP contribution is -2.20. The van der Waals surface area contributed by atoms with E-state index in [9.17, 15) is 14.7 Å². The molecule has 19 heavy (non-hydrogen) atoms. The van der Waals surface area contributed by atoms with E-state index in [2.05, 4.69) is 10.3 Å². The molecule has 2 heterocycles. The first kappa shape index (κ1) is 12.6. The molecule has 0 radical (unpaired) electrons. The van der Waals surface area contributed by atoms with Gasteiger partial charge in [0.25, 0.3) is 0 Å². The molecule has 0 saturated heterocycles. The summed E-state index contributed by atoms with van der Waals surface area (Å²) in [5.41, 5.74) is 0.950. The van der Waals surface area contributed by atoms with Crippen LogP contribution in [0, 0.1) is 0 Å². The highest BCUT2D eigenvalue weighted by atomic mass is 16.4. The minimum Gasteiger partial charge on any atom is -0.504 e. The van der Waals surface area contributed by atoms with Crippen molar-refractivity contribution in [3.05, 3.63) is 42.4 Å². The van der Waals surface area contributed by atoms with Gasteiger partial charge in [-0.25, -0.2) is 9.78 Å². The Bertz CT molecular complexity index is 660. The predicted octanol–water partition coefficient (Wildman–Crippen LogP) is 0.297. The fourth-order valence-electron chi connectivity index (χ4n) is 1.52. The molecule has 2 aromatic heterocycles. The van der Waals surface area contributed by atoms with Gasteiger partial charge in [-0.3, -0.25) is 4.79 Å². The maximum Gasteiger partial charge on any atom is 0.328 e. The van der Waals surface area contributed by atoms with Gasteiger partial charge in [-0.05, 0) is 12.1 Å². The van der Waals surface area contributed by atoms with E-state index in [4.69, 9.17) is 5.11 Å². The van der Waals surface area contributed by atoms with Gasteiger partial charge < -0.3 is 19.9 Å². The van der Waals surface area contributed by atoms with Crippen molar-refractivity contribution in [2.24, 2.45) is 0 Å². The Morgan fingerprint density at radius 2 is 2.21 bits per heavy atom. The van der Waals surface area contributed by atoms with Gasteiger partial charge in [-0.1, -0.05) is 0 Å². The average molecular weight is 261 g/mol. The summed E-state index contributed by atoms with van der Waals surface area (Å²) < 4.78 is 1.63. The summed E-state index contributed by atoms with van der Waals surface area (Å²) in [7, 11) is 0. The van der Waals surface area contributed by atoms with Crippen LogP contribution in [0.25, 0.3) is 5.65 Å². The number of nitrogens with one attached hydrogen (secondary N) is 1. The summed E-state index contributed by atoms with van der Waals surface area (Å²) in [5, 5.41) is 20.4. The summed E-state index contributed by atoms with van der Waals surface area (Å²) >= 11 is 0. The average Bonchev–Trinajstić information content (AvgIpc) is 2.78. The Morgan fingerprint density at radius 3 is 2.89 bits per heavy atom. The first-order valence-corrected chi connectivity index (χ1v) is 5.40. The number of hydrogen-bond donors (Lipinski definition) is 3. The number of rotatable bonds is 4. The van der Waals surface area contributed by atoms with Crippen LogP contribution in [0.3, 0.4) is 0 Å². The lowest BCUT2D eigenvalue weighted by molar-refractivity contribution is -0.131. The lowest BCUT2D eigenvalue weighted by Gasteiger charge is -1.97. The normalized spacial score (nSPS) is 10.9. The summed E-state index contributed by atoms with van der Waals surface area (Å²) in [6, 6.07) is 3.18. The molecular formula is C12H11N3O4. The number of nitrogens with zero attached hydrogens (tertiary/aromatic N) is 2. The number of carbonyl (C=O) groups is 2. The summed E-state index contributed by atoms with van der Waals surface area (Å²) in [6.07, 6.45) is 5.06. The zero-order valence-electron chi connectivity index (χ0n) is 9.78. The molecule has 0 fully saturated rings. The molecule has 0 aliphatic rings. The van der Waals surface area contributed by atoms with Crippen LogP contribution in [0.1, 0.15) is 5.69 Å². The van der Waals surface area contributed by atoms with E-state index in [0.717, 1.165) is 12.2 Å². The number of carbonyl (C=O) groups excluding carboxylic acids is 1. The number of amides is 1. The topological polar surface area (TPSA) is 104 Å². The van der Waals surface area contributed by atoms with Gasteiger partial charge in [-0.15, -0.1) is 0 Å². The third kappa shape index (κ3) is 3.09. The minimum atomic E-state index is -1.19. The highest BCUT2D eigenvalue weighted by molar-refractivity contribution is 5.93. The third-order valence-corrected chi connectivity index (χ3v) is 2.33. The fraction of sp³-hybridized carbons (Fsp3) is 0.0833. The first-order chi connectivity index (χ1) is 9.06. The van der Waals surface area contributed by atoms with Gasteiger partial charge >= 0.3 is 5.97 Å².